The highest BCUT2D eigenvalue weighted by molar-refractivity contribution is 5.93. The molecular weight excluding hydrogens is 454 g/mol. The van der Waals surface area contributed by atoms with Crippen LogP contribution in [0, 0.1) is 5.82 Å². The van der Waals surface area contributed by atoms with Crippen LogP contribution in [-0.2, 0) is 6.54 Å². The first kappa shape index (κ1) is 23.5. The molecule has 0 amide bonds. The van der Waals surface area contributed by atoms with Gasteiger partial charge in [-0.05, 0) is 48.0 Å². The number of rotatable bonds is 7. The van der Waals surface area contributed by atoms with Crippen molar-refractivity contribution in [3.8, 4) is 16.9 Å². The second-order valence-electron chi connectivity index (χ2n) is 8.00. The number of halogens is 4. The molecule has 10 heteroatoms. The SMILES string of the molecule is CN1Cc2cc(-c3ccc(OCC(F)(F)F)cc3F)ccc2C1CNc1cnccc1C(=O)O. The van der Waals surface area contributed by atoms with Gasteiger partial charge in [0.25, 0.3) is 0 Å². The van der Waals surface area contributed by atoms with Gasteiger partial charge >= 0.3 is 12.1 Å². The lowest BCUT2D eigenvalue weighted by molar-refractivity contribution is -0.153. The number of hydrogen-bond donors (Lipinski definition) is 2. The number of alkyl halides is 3. The molecule has 0 fully saturated rings. The van der Waals surface area contributed by atoms with Crippen LogP contribution in [0.1, 0.15) is 27.5 Å². The highest BCUT2D eigenvalue weighted by Gasteiger charge is 2.29. The molecule has 34 heavy (non-hydrogen) atoms. The van der Waals surface area contributed by atoms with Gasteiger partial charge in [-0.1, -0.05) is 12.1 Å². The molecule has 3 aromatic rings. The van der Waals surface area contributed by atoms with Gasteiger partial charge in [0.05, 0.1) is 23.5 Å². The van der Waals surface area contributed by atoms with Gasteiger partial charge in [-0.15, -0.1) is 0 Å². The second kappa shape index (κ2) is 9.30. The minimum absolute atomic E-state index is 0.0473. The zero-order valence-electron chi connectivity index (χ0n) is 18.1. The number of benzene rings is 2. The first-order valence-electron chi connectivity index (χ1n) is 10.4. The quantitative estimate of drug-likeness (QED) is 0.462. The third-order valence-corrected chi connectivity index (χ3v) is 5.65. The fraction of sp³-hybridized carbons (Fsp3) is 0.250. The molecular formula is C24H21F4N3O3. The molecule has 178 valence electrons. The first-order valence-corrected chi connectivity index (χ1v) is 10.4. The van der Waals surface area contributed by atoms with Gasteiger partial charge < -0.3 is 15.2 Å². The number of carboxylic acids is 1. The molecule has 2 aromatic carbocycles. The molecule has 0 radical (unpaired) electrons. The Balaban J connectivity index is 1.51. The number of carbonyl (C=O) groups is 1. The Kier molecular flexibility index (Phi) is 6.43. The summed E-state index contributed by atoms with van der Waals surface area (Å²) in [5.74, 6) is -1.92. The summed E-state index contributed by atoms with van der Waals surface area (Å²) >= 11 is 0. The molecule has 1 unspecified atom stereocenters. The Bertz CT molecular complexity index is 1220. The molecule has 6 nitrogen and oxygen atoms in total. The van der Waals surface area contributed by atoms with Crippen LogP contribution >= 0.6 is 0 Å². The molecule has 2 heterocycles. The number of nitrogens with one attached hydrogen (secondary N) is 1. The van der Waals surface area contributed by atoms with Gasteiger partial charge in [-0.2, -0.15) is 13.2 Å². The molecule has 1 aromatic heterocycles. The summed E-state index contributed by atoms with van der Waals surface area (Å²) in [5.41, 5.74) is 3.40. The van der Waals surface area contributed by atoms with Gasteiger partial charge in [-0.25, -0.2) is 9.18 Å². The largest absolute Gasteiger partial charge is 0.484 e. The molecule has 0 spiro atoms. The minimum atomic E-state index is -4.50. The zero-order chi connectivity index (χ0) is 24.5. The van der Waals surface area contributed by atoms with Gasteiger partial charge in [0.2, 0.25) is 0 Å². The third-order valence-electron chi connectivity index (χ3n) is 5.65. The van der Waals surface area contributed by atoms with Crippen LogP contribution in [0.2, 0.25) is 0 Å². The van der Waals surface area contributed by atoms with Crippen molar-refractivity contribution < 1.29 is 32.2 Å². The number of ether oxygens (including phenoxy) is 1. The van der Waals surface area contributed by atoms with Crippen molar-refractivity contribution in [2.45, 2.75) is 18.8 Å². The number of fused-ring (bicyclic) bond motifs is 1. The molecule has 1 aliphatic heterocycles. The number of aromatic nitrogens is 1. The van der Waals surface area contributed by atoms with Crippen LogP contribution in [0.4, 0.5) is 23.2 Å². The molecule has 0 aliphatic carbocycles. The van der Waals surface area contributed by atoms with E-state index in [1.807, 2.05) is 19.2 Å². The van der Waals surface area contributed by atoms with Gasteiger partial charge in [0.1, 0.15) is 11.6 Å². The summed E-state index contributed by atoms with van der Waals surface area (Å²) in [6.45, 7) is -0.448. The van der Waals surface area contributed by atoms with Crippen molar-refractivity contribution in [2.24, 2.45) is 0 Å². The van der Waals surface area contributed by atoms with E-state index < -0.39 is 24.6 Å². The average molecular weight is 475 g/mol. The Morgan fingerprint density at radius 1 is 1.24 bits per heavy atom. The summed E-state index contributed by atoms with van der Waals surface area (Å²) in [5, 5.41) is 12.5. The maximum Gasteiger partial charge on any atom is 0.422 e. The highest BCUT2D eigenvalue weighted by atomic mass is 19.4. The number of anilines is 1. The van der Waals surface area contributed by atoms with Crippen LogP contribution < -0.4 is 10.1 Å². The summed E-state index contributed by atoms with van der Waals surface area (Å²) < 4.78 is 56.2. The van der Waals surface area contributed by atoms with Crippen LogP contribution in [-0.4, -0.2) is 47.3 Å². The number of pyridine rings is 1. The van der Waals surface area contributed by atoms with Crippen LogP contribution in [0.5, 0.6) is 5.75 Å². The Morgan fingerprint density at radius 2 is 2.03 bits per heavy atom. The zero-order valence-corrected chi connectivity index (χ0v) is 18.1. The average Bonchev–Trinajstić information content (AvgIpc) is 3.10. The van der Waals surface area contributed by atoms with Gasteiger partial charge in [0.15, 0.2) is 6.61 Å². The van der Waals surface area contributed by atoms with E-state index in [0.717, 1.165) is 17.2 Å². The Morgan fingerprint density at radius 3 is 2.74 bits per heavy atom. The lowest BCUT2D eigenvalue weighted by Gasteiger charge is -2.22. The summed E-state index contributed by atoms with van der Waals surface area (Å²) in [6, 6.07) is 10.5. The number of carboxylic acid groups (broad SMARTS) is 1. The van der Waals surface area contributed by atoms with Crippen molar-refractivity contribution in [3.63, 3.8) is 0 Å². The predicted molar refractivity (Wildman–Crippen MR) is 117 cm³/mol. The highest BCUT2D eigenvalue weighted by Crippen LogP contribution is 2.36. The van der Waals surface area contributed by atoms with Crippen molar-refractivity contribution in [1.29, 1.82) is 0 Å². The third kappa shape index (κ3) is 5.12. The monoisotopic (exact) mass is 475 g/mol. The molecule has 2 N–H and O–H groups in total. The van der Waals surface area contributed by atoms with E-state index in [-0.39, 0.29) is 22.9 Å². The van der Waals surface area contributed by atoms with E-state index in [1.165, 1.54) is 30.6 Å². The molecule has 0 bridgehead atoms. The topological polar surface area (TPSA) is 74.7 Å². The van der Waals surface area contributed by atoms with E-state index in [9.17, 15) is 27.5 Å². The normalized spacial score (nSPS) is 15.7. The molecule has 1 atom stereocenters. The maximum absolute atomic E-state index is 14.6. The van der Waals surface area contributed by atoms with Crippen molar-refractivity contribution in [3.05, 3.63) is 77.4 Å². The van der Waals surface area contributed by atoms with Crippen LogP contribution in [0.25, 0.3) is 11.1 Å². The number of aromatic carboxylic acids is 1. The summed E-state index contributed by atoms with van der Waals surface area (Å²) in [4.78, 5) is 17.5. The number of nitrogens with zero attached hydrogens (tertiary/aromatic N) is 2. The predicted octanol–water partition coefficient (Wildman–Crippen LogP) is 5.13. The Hall–Kier alpha value is -3.66. The van der Waals surface area contributed by atoms with Crippen molar-refractivity contribution in [2.75, 3.05) is 25.5 Å². The fourth-order valence-corrected chi connectivity index (χ4v) is 4.03. The maximum atomic E-state index is 14.6. The first-order chi connectivity index (χ1) is 16.1. The van der Waals surface area contributed by atoms with Crippen LogP contribution in [0.3, 0.4) is 0 Å². The standard InChI is InChI=1S/C24H21F4N3O3/c1-31-12-15-8-14(17-5-3-16(9-20(17)25)34-13-24(26,27)28)2-4-18(15)22(31)11-30-21-10-29-7-6-19(21)23(32)33/h2-10,22,30H,11-13H2,1H3,(H,32,33). The second-order valence-corrected chi connectivity index (χ2v) is 8.00. The molecule has 1 aliphatic rings. The fourth-order valence-electron chi connectivity index (χ4n) is 4.03. The molecule has 0 saturated heterocycles. The van der Waals surface area contributed by atoms with E-state index in [2.05, 4.69) is 19.9 Å². The molecule has 4 rings (SSSR count). The van der Waals surface area contributed by atoms with E-state index in [4.69, 9.17) is 0 Å². The lowest BCUT2D eigenvalue weighted by Crippen LogP contribution is -2.24. The Labute approximate surface area is 192 Å². The van der Waals surface area contributed by atoms with Crippen molar-refractivity contribution >= 4 is 11.7 Å². The van der Waals surface area contributed by atoms with E-state index in [0.29, 0.717) is 24.3 Å². The minimum Gasteiger partial charge on any atom is -0.484 e. The lowest BCUT2D eigenvalue weighted by atomic mass is 9.97. The summed E-state index contributed by atoms with van der Waals surface area (Å²) in [7, 11) is 1.93. The van der Waals surface area contributed by atoms with Crippen molar-refractivity contribution in [1.82, 2.24) is 9.88 Å². The van der Waals surface area contributed by atoms with Gasteiger partial charge in [0, 0.05) is 30.9 Å². The van der Waals surface area contributed by atoms with E-state index in [1.54, 1.807) is 6.07 Å². The smallest absolute Gasteiger partial charge is 0.422 e. The van der Waals surface area contributed by atoms with E-state index >= 15 is 0 Å². The number of likely N-dealkylation sites (N-methyl/N-ethyl adjacent to an activating group) is 1. The number of hydrogen-bond acceptors (Lipinski definition) is 5. The van der Waals surface area contributed by atoms with Crippen LogP contribution in [0.15, 0.2) is 54.9 Å². The summed E-state index contributed by atoms with van der Waals surface area (Å²) in [6.07, 6.45) is -1.62. The molecule has 0 saturated carbocycles. The van der Waals surface area contributed by atoms with Gasteiger partial charge in [-0.3, -0.25) is 9.88 Å².